The minimum atomic E-state index is -1.16. The summed E-state index contributed by atoms with van der Waals surface area (Å²) in [4.78, 5) is 38.1. The van der Waals surface area contributed by atoms with E-state index in [1.807, 2.05) is 0 Å². The van der Waals surface area contributed by atoms with Crippen molar-refractivity contribution in [3.05, 3.63) is 68.3 Å². The van der Waals surface area contributed by atoms with Crippen molar-refractivity contribution in [3.63, 3.8) is 0 Å². The van der Waals surface area contributed by atoms with Crippen LogP contribution in [0.5, 0.6) is 34.5 Å². The van der Waals surface area contributed by atoms with Crippen LogP contribution in [0.2, 0.25) is 0 Å². The molecule has 0 fully saturated rings. The lowest BCUT2D eigenvalue weighted by Gasteiger charge is -2.21. The number of aromatic carboxylic acids is 1. The third-order valence-electron chi connectivity index (χ3n) is 6.59. The van der Waals surface area contributed by atoms with Crippen molar-refractivity contribution >= 4 is 17.9 Å². The van der Waals surface area contributed by atoms with Crippen LogP contribution in [0.25, 0.3) is 0 Å². The fraction of sp³-hybridized carbons (Fsp3) is 0.276. The molecule has 0 atom stereocenters. The van der Waals surface area contributed by atoms with E-state index in [1.165, 1.54) is 33.3 Å². The van der Waals surface area contributed by atoms with Gasteiger partial charge in [-0.1, -0.05) is 0 Å². The first-order valence-electron chi connectivity index (χ1n) is 11.8. The Labute approximate surface area is 225 Å². The summed E-state index contributed by atoms with van der Waals surface area (Å²) in [7, 11) is 2.69. The fourth-order valence-corrected chi connectivity index (χ4v) is 4.55. The SMILES string of the molecule is COc1c(C)c(OC(=O)c2c(C)cc(O)cc2O)cc(C)c1C(=O)Oc1c(C)c(C)c(C(=O)O)c(OC)c1C. The fourth-order valence-electron chi connectivity index (χ4n) is 4.55. The average Bonchev–Trinajstić information content (AvgIpc) is 2.84. The maximum atomic E-state index is 13.5. The molecule has 10 nitrogen and oxygen atoms in total. The van der Waals surface area contributed by atoms with Crippen molar-refractivity contribution in [1.82, 2.24) is 0 Å². The first-order valence-corrected chi connectivity index (χ1v) is 11.8. The van der Waals surface area contributed by atoms with E-state index in [2.05, 4.69) is 0 Å². The van der Waals surface area contributed by atoms with Crippen LogP contribution in [0, 0.1) is 41.5 Å². The quantitative estimate of drug-likeness (QED) is 0.274. The summed E-state index contributed by atoms with van der Waals surface area (Å²) in [5.74, 6) is -2.99. The zero-order valence-corrected chi connectivity index (χ0v) is 22.9. The number of carbonyl (C=O) groups excluding carboxylic acids is 2. The highest BCUT2D eigenvalue weighted by atomic mass is 16.5. The molecule has 206 valence electrons. The molecule has 0 radical (unpaired) electrons. The van der Waals surface area contributed by atoms with Gasteiger partial charge in [-0.15, -0.1) is 0 Å². The third kappa shape index (κ3) is 5.18. The molecule has 0 heterocycles. The molecule has 0 aliphatic heterocycles. The number of hydrogen-bond acceptors (Lipinski definition) is 9. The lowest BCUT2D eigenvalue weighted by Crippen LogP contribution is -2.17. The molecule has 0 bridgehead atoms. The summed E-state index contributed by atoms with van der Waals surface area (Å²) in [6, 6.07) is 3.82. The van der Waals surface area contributed by atoms with Gasteiger partial charge in [0.1, 0.15) is 51.2 Å². The van der Waals surface area contributed by atoms with Crippen molar-refractivity contribution in [1.29, 1.82) is 0 Å². The number of carbonyl (C=O) groups is 3. The second-order valence-corrected chi connectivity index (χ2v) is 9.08. The molecule has 0 amide bonds. The Morgan fingerprint density at radius 3 is 1.69 bits per heavy atom. The minimum Gasteiger partial charge on any atom is -0.508 e. The van der Waals surface area contributed by atoms with Crippen molar-refractivity contribution < 1.29 is 48.7 Å². The van der Waals surface area contributed by atoms with Gasteiger partial charge in [0.05, 0.1) is 14.2 Å². The number of esters is 2. The molecular weight excluding hydrogens is 508 g/mol. The zero-order valence-electron chi connectivity index (χ0n) is 22.9. The van der Waals surface area contributed by atoms with Crippen LogP contribution < -0.4 is 18.9 Å². The van der Waals surface area contributed by atoms with E-state index in [0.29, 0.717) is 33.4 Å². The van der Waals surface area contributed by atoms with Gasteiger partial charge in [-0.05, 0) is 75.9 Å². The van der Waals surface area contributed by atoms with Crippen LogP contribution in [0.3, 0.4) is 0 Å². The van der Waals surface area contributed by atoms with Gasteiger partial charge < -0.3 is 34.3 Å². The van der Waals surface area contributed by atoms with Crippen molar-refractivity contribution in [2.75, 3.05) is 14.2 Å². The Hall–Kier alpha value is -4.73. The van der Waals surface area contributed by atoms with Crippen LogP contribution in [-0.4, -0.2) is 47.4 Å². The number of rotatable bonds is 7. The van der Waals surface area contributed by atoms with Gasteiger partial charge in [-0.3, -0.25) is 0 Å². The van der Waals surface area contributed by atoms with Crippen LogP contribution >= 0.6 is 0 Å². The number of carboxylic acid groups (broad SMARTS) is 1. The van der Waals surface area contributed by atoms with Gasteiger partial charge in [0.25, 0.3) is 0 Å². The summed E-state index contributed by atoms with van der Waals surface area (Å²) in [6.45, 7) is 9.58. The Morgan fingerprint density at radius 1 is 0.615 bits per heavy atom. The number of carboxylic acids is 1. The number of methoxy groups -OCH3 is 2. The standard InChI is InChI=1S/C29H30O10/c1-12-9-18(30)11-19(31)21(12)28(34)38-20-10-13(2)22(25(36-7)16(20)5)29(35)39-24-15(4)14(3)23(27(32)33)26(37-8)17(24)6/h9-11,30-31H,1-8H3,(H,32,33). The summed E-state index contributed by atoms with van der Waals surface area (Å²) in [5.41, 5.74) is 2.14. The maximum absolute atomic E-state index is 13.5. The topological polar surface area (TPSA) is 149 Å². The Balaban J connectivity index is 2.05. The van der Waals surface area contributed by atoms with E-state index in [1.54, 1.807) is 34.6 Å². The number of ether oxygens (including phenoxy) is 4. The molecule has 0 aliphatic rings. The van der Waals surface area contributed by atoms with Crippen molar-refractivity contribution in [2.24, 2.45) is 0 Å². The van der Waals surface area contributed by atoms with Gasteiger partial charge in [-0.2, -0.15) is 0 Å². The molecule has 3 aromatic rings. The lowest BCUT2D eigenvalue weighted by molar-refractivity contribution is 0.0689. The van der Waals surface area contributed by atoms with E-state index >= 15 is 0 Å². The normalized spacial score (nSPS) is 10.7. The molecule has 10 heteroatoms. The van der Waals surface area contributed by atoms with E-state index < -0.39 is 23.7 Å². The van der Waals surface area contributed by atoms with E-state index in [9.17, 15) is 29.7 Å². The molecular formula is C29H30O10. The molecule has 0 unspecified atom stereocenters. The van der Waals surface area contributed by atoms with E-state index in [-0.39, 0.29) is 45.4 Å². The Kier molecular flexibility index (Phi) is 8.09. The number of hydrogen-bond donors (Lipinski definition) is 3. The predicted octanol–water partition coefficient (Wildman–Crippen LogP) is 5.10. The van der Waals surface area contributed by atoms with Crippen LogP contribution in [-0.2, 0) is 0 Å². The predicted molar refractivity (Wildman–Crippen MR) is 141 cm³/mol. The van der Waals surface area contributed by atoms with Crippen LogP contribution in [0.4, 0.5) is 0 Å². The minimum absolute atomic E-state index is 0.0158. The first kappa shape index (κ1) is 28.8. The summed E-state index contributed by atoms with van der Waals surface area (Å²) >= 11 is 0. The number of phenols is 2. The second-order valence-electron chi connectivity index (χ2n) is 9.08. The number of aryl methyl sites for hydroxylation is 2. The smallest absolute Gasteiger partial charge is 0.347 e. The molecule has 0 saturated carbocycles. The largest absolute Gasteiger partial charge is 0.508 e. The van der Waals surface area contributed by atoms with Gasteiger partial charge in [-0.25, -0.2) is 14.4 Å². The molecule has 39 heavy (non-hydrogen) atoms. The van der Waals surface area contributed by atoms with Crippen molar-refractivity contribution in [3.8, 4) is 34.5 Å². The first-order chi connectivity index (χ1) is 18.2. The molecule has 0 aliphatic carbocycles. The van der Waals surface area contributed by atoms with Gasteiger partial charge in [0.15, 0.2) is 0 Å². The third-order valence-corrected chi connectivity index (χ3v) is 6.59. The maximum Gasteiger partial charge on any atom is 0.347 e. The van der Waals surface area contributed by atoms with E-state index in [4.69, 9.17) is 18.9 Å². The van der Waals surface area contributed by atoms with Gasteiger partial charge >= 0.3 is 17.9 Å². The van der Waals surface area contributed by atoms with Gasteiger partial charge in [0.2, 0.25) is 0 Å². The lowest BCUT2D eigenvalue weighted by atomic mass is 9.96. The molecule has 3 aromatic carbocycles. The summed E-state index contributed by atoms with van der Waals surface area (Å²) < 4.78 is 22.2. The highest BCUT2D eigenvalue weighted by Gasteiger charge is 2.29. The summed E-state index contributed by atoms with van der Waals surface area (Å²) in [5, 5.41) is 29.5. The molecule has 0 saturated heterocycles. The average molecular weight is 539 g/mol. The second kappa shape index (κ2) is 10.9. The van der Waals surface area contributed by atoms with Crippen LogP contribution in [0.1, 0.15) is 64.5 Å². The number of aromatic hydroxyl groups is 2. The monoisotopic (exact) mass is 538 g/mol. The zero-order chi connectivity index (χ0) is 29.3. The highest BCUT2D eigenvalue weighted by molar-refractivity contribution is 5.99. The molecule has 0 aromatic heterocycles. The molecule has 3 N–H and O–H groups in total. The number of phenolic OH excluding ortho intramolecular Hbond substituents is 2. The summed E-state index contributed by atoms with van der Waals surface area (Å²) in [6.07, 6.45) is 0. The van der Waals surface area contributed by atoms with Crippen molar-refractivity contribution in [2.45, 2.75) is 41.5 Å². The molecule has 0 spiro atoms. The number of benzene rings is 3. The molecule has 3 rings (SSSR count). The Bertz CT molecular complexity index is 1490. The Morgan fingerprint density at radius 2 is 1.15 bits per heavy atom. The van der Waals surface area contributed by atoms with Gasteiger partial charge in [0, 0.05) is 17.2 Å². The highest BCUT2D eigenvalue weighted by Crippen LogP contribution is 2.40. The van der Waals surface area contributed by atoms with E-state index in [0.717, 1.165) is 6.07 Å². The van der Waals surface area contributed by atoms with Crippen LogP contribution in [0.15, 0.2) is 18.2 Å².